The summed E-state index contributed by atoms with van der Waals surface area (Å²) < 4.78 is 1.18. The third kappa shape index (κ3) is 2.46. The number of fused-ring (bicyclic) bond motifs is 1. The molecule has 0 aliphatic carbocycles. The standard InChI is InChI=1S/C15H14N4OS2/c1-9-8-21-14(16-9)18-13(20)10-6-19(7-10)15-17-11-4-2-3-5-12(11)22-15/h2-5,8,10H,6-7H2,1H3,(H,16,18,20). The second-order valence-corrected chi connectivity index (χ2v) is 7.22. The lowest BCUT2D eigenvalue weighted by Crippen LogP contribution is -2.52. The van der Waals surface area contributed by atoms with Gasteiger partial charge in [0.05, 0.1) is 21.8 Å². The van der Waals surface area contributed by atoms with Gasteiger partial charge in [0.15, 0.2) is 10.3 Å². The van der Waals surface area contributed by atoms with E-state index in [9.17, 15) is 4.79 Å². The molecule has 3 aromatic rings. The predicted octanol–water partition coefficient (Wildman–Crippen LogP) is 3.14. The molecule has 0 unspecified atom stereocenters. The Hall–Kier alpha value is -1.99. The normalized spacial score (nSPS) is 15.0. The minimum atomic E-state index is 0.0104. The lowest BCUT2D eigenvalue weighted by Gasteiger charge is -2.37. The molecule has 4 rings (SSSR count). The molecule has 1 amide bonds. The first kappa shape index (κ1) is 13.7. The molecule has 5 nitrogen and oxygen atoms in total. The zero-order valence-corrected chi connectivity index (χ0v) is 13.6. The molecule has 1 aliphatic rings. The van der Waals surface area contributed by atoms with Crippen LogP contribution in [-0.2, 0) is 4.79 Å². The quantitative estimate of drug-likeness (QED) is 0.801. The maximum atomic E-state index is 12.2. The fraction of sp³-hybridized carbons (Fsp3) is 0.267. The number of rotatable bonds is 3. The van der Waals surface area contributed by atoms with Crippen molar-refractivity contribution in [2.45, 2.75) is 6.92 Å². The summed E-state index contributed by atoms with van der Waals surface area (Å²) in [5.74, 6) is 0.0583. The third-order valence-corrected chi connectivity index (χ3v) is 5.63. The van der Waals surface area contributed by atoms with Crippen molar-refractivity contribution in [1.82, 2.24) is 9.97 Å². The van der Waals surface area contributed by atoms with Crippen LogP contribution in [0.15, 0.2) is 29.6 Å². The Balaban J connectivity index is 1.40. The van der Waals surface area contributed by atoms with E-state index in [1.807, 2.05) is 30.5 Å². The van der Waals surface area contributed by atoms with Crippen LogP contribution < -0.4 is 10.2 Å². The van der Waals surface area contributed by atoms with E-state index in [-0.39, 0.29) is 11.8 Å². The zero-order chi connectivity index (χ0) is 15.1. The van der Waals surface area contributed by atoms with Gasteiger partial charge in [-0.2, -0.15) is 0 Å². The van der Waals surface area contributed by atoms with Gasteiger partial charge in [-0.25, -0.2) is 9.97 Å². The van der Waals surface area contributed by atoms with Gasteiger partial charge < -0.3 is 10.2 Å². The fourth-order valence-electron chi connectivity index (χ4n) is 2.41. The maximum absolute atomic E-state index is 12.2. The van der Waals surface area contributed by atoms with Crippen LogP contribution in [0, 0.1) is 12.8 Å². The number of thiazole rings is 2. The Morgan fingerprint density at radius 3 is 2.86 bits per heavy atom. The Labute approximate surface area is 135 Å². The van der Waals surface area contributed by atoms with Crippen LogP contribution >= 0.6 is 22.7 Å². The van der Waals surface area contributed by atoms with Gasteiger partial charge in [0.1, 0.15) is 0 Å². The first-order valence-electron chi connectivity index (χ1n) is 7.02. The molecule has 3 heterocycles. The second-order valence-electron chi connectivity index (χ2n) is 5.35. The van der Waals surface area contributed by atoms with E-state index in [1.54, 1.807) is 11.3 Å². The number of carbonyl (C=O) groups is 1. The van der Waals surface area contributed by atoms with E-state index < -0.39 is 0 Å². The maximum Gasteiger partial charge on any atom is 0.232 e. The lowest BCUT2D eigenvalue weighted by atomic mass is 10.0. The number of benzene rings is 1. The van der Waals surface area contributed by atoms with Crippen molar-refractivity contribution in [3.05, 3.63) is 35.3 Å². The molecule has 7 heteroatoms. The summed E-state index contributed by atoms with van der Waals surface area (Å²) in [6.07, 6.45) is 0. The minimum absolute atomic E-state index is 0.0104. The van der Waals surface area contributed by atoms with Crippen molar-refractivity contribution in [3.63, 3.8) is 0 Å². The van der Waals surface area contributed by atoms with Gasteiger partial charge in [0, 0.05) is 18.5 Å². The monoisotopic (exact) mass is 330 g/mol. The van der Waals surface area contributed by atoms with Crippen molar-refractivity contribution in [3.8, 4) is 0 Å². The van der Waals surface area contributed by atoms with Gasteiger partial charge in [0.2, 0.25) is 5.91 Å². The van der Waals surface area contributed by atoms with Crippen LogP contribution in [0.1, 0.15) is 5.69 Å². The lowest BCUT2D eigenvalue weighted by molar-refractivity contribution is -0.120. The number of aromatic nitrogens is 2. The topological polar surface area (TPSA) is 58.1 Å². The molecule has 1 aliphatic heterocycles. The summed E-state index contributed by atoms with van der Waals surface area (Å²) in [5, 5.41) is 6.50. The predicted molar refractivity (Wildman–Crippen MR) is 90.8 cm³/mol. The van der Waals surface area contributed by atoms with Crippen LogP contribution in [0.4, 0.5) is 10.3 Å². The van der Waals surface area contributed by atoms with Crippen LogP contribution in [0.25, 0.3) is 10.2 Å². The molecule has 0 atom stereocenters. The summed E-state index contributed by atoms with van der Waals surface area (Å²) in [6, 6.07) is 8.11. The van der Waals surface area contributed by atoms with E-state index in [0.717, 1.165) is 29.4 Å². The smallest absolute Gasteiger partial charge is 0.232 e. The van der Waals surface area contributed by atoms with Crippen molar-refractivity contribution in [2.24, 2.45) is 5.92 Å². The van der Waals surface area contributed by atoms with E-state index in [0.29, 0.717) is 5.13 Å². The number of aryl methyl sites for hydroxylation is 1. The molecular weight excluding hydrogens is 316 g/mol. The number of nitrogens with one attached hydrogen (secondary N) is 1. The molecule has 0 radical (unpaired) electrons. The van der Waals surface area contributed by atoms with E-state index >= 15 is 0 Å². The summed E-state index contributed by atoms with van der Waals surface area (Å²) >= 11 is 3.14. The van der Waals surface area contributed by atoms with Gasteiger partial charge in [-0.1, -0.05) is 23.5 Å². The molecule has 0 spiro atoms. The molecule has 0 bridgehead atoms. The Bertz CT molecular complexity index is 802. The number of amides is 1. The van der Waals surface area contributed by atoms with Gasteiger partial charge in [-0.15, -0.1) is 11.3 Å². The summed E-state index contributed by atoms with van der Waals surface area (Å²) in [5.41, 5.74) is 1.96. The molecule has 1 saturated heterocycles. The highest BCUT2D eigenvalue weighted by molar-refractivity contribution is 7.22. The third-order valence-electron chi connectivity index (χ3n) is 3.65. The van der Waals surface area contributed by atoms with Crippen LogP contribution in [0.3, 0.4) is 0 Å². The molecule has 0 saturated carbocycles. The van der Waals surface area contributed by atoms with Crippen molar-refractivity contribution in [2.75, 3.05) is 23.3 Å². The zero-order valence-electron chi connectivity index (χ0n) is 11.9. The molecule has 1 fully saturated rings. The number of carbonyl (C=O) groups excluding carboxylic acids is 1. The summed E-state index contributed by atoms with van der Waals surface area (Å²) in [4.78, 5) is 23.2. The second kappa shape index (κ2) is 5.33. The molecular formula is C15H14N4OS2. The van der Waals surface area contributed by atoms with Gasteiger partial charge in [0.25, 0.3) is 0 Å². The summed E-state index contributed by atoms with van der Waals surface area (Å²) in [7, 11) is 0. The van der Waals surface area contributed by atoms with Crippen molar-refractivity contribution < 1.29 is 4.79 Å². The average molecular weight is 330 g/mol. The van der Waals surface area contributed by atoms with Gasteiger partial charge >= 0.3 is 0 Å². The largest absolute Gasteiger partial charge is 0.346 e. The fourth-order valence-corrected chi connectivity index (χ4v) is 4.09. The molecule has 112 valence electrons. The number of anilines is 2. The highest BCUT2D eigenvalue weighted by Gasteiger charge is 2.34. The molecule has 1 N–H and O–H groups in total. The van der Waals surface area contributed by atoms with E-state index in [4.69, 9.17) is 0 Å². The SMILES string of the molecule is Cc1csc(NC(=O)C2CN(c3nc4ccccc4s3)C2)n1. The number of hydrogen-bond acceptors (Lipinski definition) is 6. The number of hydrogen-bond donors (Lipinski definition) is 1. The van der Waals surface area contributed by atoms with Crippen LogP contribution in [-0.4, -0.2) is 29.0 Å². The van der Waals surface area contributed by atoms with Crippen molar-refractivity contribution in [1.29, 1.82) is 0 Å². The Kier molecular flexibility index (Phi) is 3.31. The number of nitrogens with zero attached hydrogens (tertiary/aromatic N) is 3. The number of para-hydroxylation sites is 1. The van der Waals surface area contributed by atoms with Gasteiger partial charge in [-0.3, -0.25) is 4.79 Å². The highest BCUT2D eigenvalue weighted by atomic mass is 32.1. The average Bonchev–Trinajstić information content (AvgIpc) is 3.03. The van der Waals surface area contributed by atoms with Crippen molar-refractivity contribution >= 4 is 49.1 Å². The summed E-state index contributed by atoms with van der Waals surface area (Å²) in [6.45, 7) is 3.36. The van der Waals surface area contributed by atoms with Crippen LogP contribution in [0.2, 0.25) is 0 Å². The highest BCUT2D eigenvalue weighted by Crippen LogP contribution is 2.33. The molecule has 22 heavy (non-hydrogen) atoms. The Morgan fingerprint density at radius 1 is 1.32 bits per heavy atom. The first-order valence-corrected chi connectivity index (χ1v) is 8.72. The van der Waals surface area contributed by atoms with E-state index in [1.165, 1.54) is 16.0 Å². The minimum Gasteiger partial charge on any atom is -0.346 e. The van der Waals surface area contributed by atoms with Crippen LogP contribution in [0.5, 0.6) is 0 Å². The first-order chi connectivity index (χ1) is 10.7. The van der Waals surface area contributed by atoms with Gasteiger partial charge in [-0.05, 0) is 19.1 Å². The Morgan fingerprint density at radius 2 is 2.14 bits per heavy atom. The van der Waals surface area contributed by atoms with E-state index in [2.05, 4.69) is 26.3 Å². The molecule has 2 aromatic heterocycles. The molecule has 1 aromatic carbocycles.